The average Bonchev–Trinajstić information content (AvgIpc) is 2.80. The van der Waals surface area contributed by atoms with Crippen LogP contribution in [0.2, 0.25) is 0 Å². The molecule has 0 radical (unpaired) electrons. The standard InChI is InChI=1S/2C13H17NS.Ni/c2*1-2-3-10-14-11-9-13(15)12-7-5-4-6-8-12;/h2*4-9,11,15H,2-3,10H2,1H3;/q;;+2/p-2/b2*13-9-,14-11?;. The van der Waals surface area contributed by atoms with Gasteiger partial charge < -0.3 is 25.3 Å². The van der Waals surface area contributed by atoms with Crippen LogP contribution in [0, 0.1) is 0 Å². The van der Waals surface area contributed by atoms with Gasteiger partial charge in [0.25, 0.3) is 0 Å². The van der Waals surface area contributed by atoms with Gasteiger partial charge in [0, 0.05) is 25.5 Å². The molecular weight excluding hydrogens is 463 g/mol. The van der Waals surface area contributed by atoms with E-state index in [0.717, 1.165) is 46.9 Å². The van der Waals surface area contributed by atoms with Crippen LogP contribution in [-0.2, 0) is 41.7 Å². The predicted octanol–water partition coefficient (Wildman–Crippen LogP) is 6.89. The maximum atomic E-state index is 5.25. The van der Waals surface area contributed by atoms with Gasteiger partial charge in [-0.2, -0.15) is 9.81 Å². The minimum atomic E-state index is 0. The molecule has 0 aliphatic heterocycles. The molecule has 0 saturated carbocycles. The normalized spacial score (nSPS) is 11.8. The van der Waals surface area contributed by atoms with E-state index in [1.54, 1.807) is 0 Å². The molecule has 0 saturated heterocycles. The first kappa shape index (κ1) is 29.2. The third-order valence-corrected chi connectivity index (χ3v) is 4.80. The van der Waals surface area contributed by atoms with Crippen molar-refractivity contribution in [1.29, 1.82) is 0 Å². The molecule has 0 heterocycles. The van der Waals surface area contributed by atoms with Gasteiger partial charge in [-0.05, 0) is 24.0 Å². The molecule has 0 amide bonds. The van der Waals surface area contributed by atoms with Gasteiger partial charge in [0.15, 0.2) is 0 Å². The third-order valence-electron chi connectivity index (χ3n) is 4.06. The Kier molecular flexibility index (Phi) is 18.9. The largest absolute Gasteiger partial charge is 2.00 e. The van der Waals surface area contributed by atoms with Crippen LogP contribution in [0.3, 0.4) is 0 Å². The van der Waals surface area contributed by atoms with Crippen molar-refractivity contribution in [2.45, 2.75) is 39.5 Å². The molecule has 0 atom stereocenters. The summed E-state index contributed by atoms with van der Waals surface area (Å²) in [5.41, 5.74) is 2.16. The van der Waals surface area contributed by atoms with Crippen LogP contribution in [0.5, 0.6) is 0 Å². The Morgan fingerprint density at radius 3 is 1.35 bits per heavy atom. The Morgan fingerprint density at radius 1 is 0.677 bits per heavy atom. The summed E-state index contributed by atoms with van der Waals surface area (Å²) >= 11 is 10.5. The fourth-order valence-electron chi connectivity index (χ4n) is 2.29. The first-order valence-corrected chi connectivity index (χ1v) is 11.4. The Balaban J connectivity index is 0.000000562. The van der Waals surface area contributed by atoms with Crippen molar-refractivity contribution in [3.05, 3.63) is 83.9 Å². The number of allylic oxidation sites excluding steroid dienone is 2. The van der Waals surface area contributed by atoms with Crippen molar-refractivity contribution < 1.29 is 16.5 Å². The van der Waals surface area contributed by atoms with Gasteiger partial charge in [0.05, 0.1) is 0 Å². The fourth-order valence-corrected chi connectivity index (χ4v) is 2.68. The molecule has 0 aliphatic carbocycles. The molecule has 0 bridgehead atoms. The second kappa shape index (κ2) is 20.1. The number of unbranched alkanes of at least 4 members (excludes halogenated alkanes) is 2. The molecular formula is C26H32N2NiS2. The molecule has 2 aromatic rings. The Bertz CT molecular complexity index is 731. The van der Waals surface area contributed by atoms with E-state index in [1.807, 2.05) is 85.2 Å². The quantitative estimate of drug-likeness (QED) is 0.155. The topological polar surface area (TPSA) is 24.7 Å². The number of rotatable bonds is 10. The molecule has 0 spiro atoms. The smallest absolute Gasteiger partial charge is 0.779 e. The van der Waals surface area contributed by atoms with Gasteiger partial charge in [0.2, 0.25) is 0 Å². The number of hydrogen-bond acceptors (Lipinski definition) is 4. The van der Waals surface area contributed by atoms with Crippen LogP contribution in [0.25, 0.3) is 9.81 Å². The molecule has 0 fully saturated rings. The maximum absolute atomic E-state index is 5.25. The Labute approximate surface area is 209 Å². The summed E-state index contributed by atoms with van der Waals surface area (Å²) in [6.45, 7) is 6.11. The summed E-state index contributed by atoms with van der Waals surface area (Å²) in [4.78, 5) is 10.2. The first-order chi connectivity index (χ1) is 14.7. The summed E-state index contributed by atoms with van der Waals surface area (Å²) in [7, 11) is 0. The Hall–Kier alpha value is -1.81. The van der Waals surface area contributed by atoms with E-state index in [0.29, 0.717) is 0 Å². The first-order valence-electron chi connectivity index (χ1n) is 10.5. The zero-order chi connectivity index (χ0) is 21.9. The molecule has 2 nitrogen and oxygen atoms in total. The van der Waals surface area contributed by atoms with E-state index >= 15 is 0 Å². The Morgan fingerprint density at radius 2 is 1.03 bits per heavy atom. The van der Waals surface area contributed by atoms with E-state index in [9.17, 15) is 0 Å². The third kappa shape index (κ3) is 14.8. The minimum Gasteiger partial charge on any atom is -0.779 e. The molecule has 0 N–H and O–H groups in total. The van der Waals surface area contributed by atoms with Crippen LogP contribution in [0.15, 0.2) is 82.8 Å². The van der Waals surface area contributed by atoms with Gasteiger partial charge >= 0.3 is 16.5 Å². The number of benzene rings is 2. The zero-order valence-corrected chi connectivity index (χ0v) is 21.0. The van der Waals surface area contributed by atoms with Crippen molar-refractivity contribution in [3.8, 4) is 0 Å². The van der Waals surface area contributed by atoms with E-state index < -0.39 is 0 Å². The molecule has 31 heavy (non-hydrogen) atoms. The van der Waals surface area contributed by atoms with Crippen molar-refractivity contribution >= 4 is 47.5 Å². The molecule has 5 heteroatoms. The zero-order valence-electron chi connectivity index (χ0n) is 18.4. The summed E-state index contributed by atoms with van der Waals surface area (Å²) in [5, 5.41) is 0. The van der Waals surface area contributed by atoms with Gasteiger partial charge in [-0.15, -0.1) is 0 Å². The van der Waals surface area contributed by atoms with Gasteiger partial charge in [-0.1, -0.05) is 99.5 Å². The molecule has 0 unspecified atom stereocenters. The average molecular weight is 495 g/mol. The van der Waals surface area contributed by atoms with Crippen molar-refractivity contribution in [1.82, 2.24) is 0 Å². The molecule has 0 aromatic heterocycles. The van der Waals surface area contributed by atoms with Gasteiger partial charge in [0.1, 0.15) is 0 Å². The van der Waals surface area contributed by atoms with Crippen LogP contribution < -0.4 is 0 Å². The van der Waals surface area contributed by atoms with Gasteiger partial charge in [-0.3, -0.25) is 9.98 Å². The van der Waals surface area contributed by atoms with E-state index in [4.69, 9.17) is 25.3 Å². The van der Waals surface area contributed by atoms with Crippen molar-refractivity contribution in [2.75, 3.05) is 13.1 Å². The number of hydrogen-bond donors (Lipinski definition) is 0. The van der Waals surface area contributed by atoms with E-state index in [2.05, 4.69) is 23.8 Å². The van der Waals surface area contributed by atoms with E-state index in [1.165, 1.54) is 12.8 Å². The van der Waals surface area contributed by atoms with E-state index in [-0.39, 0.29) is 16.5 Å². The molecule has 168 valence electrons. The van der Waals surface area contributed by atoms with Gasteiger partial charge in [-0.25, -0.2) is 0 Å². The fraction of sp³-hybridized carbons (Fsp3) is 0.308. The number of nitrogens with zero attached hydrogens (tertiary/aromatic N) is 2. The summed E-state index contributed by atoms with van der Waals surface area (Å²) in [5.74, 6) is 0. The summed E-state index contributed by atoms with van der Waals surface area (Å²) < 4.78 is 0. The summed E-state index contributed by atoms with van der Waals surface area (Å²) in [6.07, 6.45) is 12.0. The van der Waals surface area contributed by atoms with Crippen LogP contribution in [0.4, 0.5) is 0 Å². The van der Waals surface area contributed by atoms with Crippen LogP contribution >= 0.6 is 0 Å². The minimum absolute atomic E-state index is 0. The second-order valence-corrected chi connectivity index (χ2v) is 7.49. The van der Waals surface area contributed by atoms with Crippen molar-refractivity contribution in [3.63, 3.8) is 0 Å². The SMILES string of the molecule is CCCCN=C/C=C(\[S-])c1ccccc1.CCCCN=C/C=C(\[S-])c1ccccc1.[Ni+2]. The van der Waals surface area contributed by atoms with Crippen molar-refractivity contribution in [2.24, 2.45) is 9.98 Å². The van der Waals surface area contributed by atoms with Crippen LogP contribution in [0.1, 0.15) is 50.7 Å². The maximum Gasteiger partial charge on any atom is 2.00 e. The molecule has 0 aliphatic rings. The number of aliphatic imine (C=N–C) groups is 2. The monoisotopic (exact) mass is 494 g/mol. The second-order valence-electron chi connectivity index (χ2n) is 6.61. The predicted molar refractivity (Wildman–Crippen MR) is 140 cm³/mol. The molecule has 2 rings (SSSR count). The van der Waals surface area contributed by atoms with Crippen LogP contribution in [-0.4, -0.2) is 25.5 Å². The summed E-state index contributed by atoms with van der Waals surface area (Å²) in [6, 6.07) is 20.0. The molecule has 2 aromatic carbocycles.